The number of anilines is 1. The maximum atomic E-state index is 14.5. The van der Waals surface area contributed by atoms with Crippen LogP contribution in [0, 0.1) is 11.7 Å². The molecule has 0 spiro atoms. The predicted octanol–water partition coefficient (Wildman–Crippen LogP) is 3.51. The van der Waals surface area contributed by atoms with Crippen LogP contribution in [0.2, 0.25) is 5.02 Å². The highest BCUT2D eigenvalue weighted by Gasteiger charge is 2.33. The molecule has 2 heterocycles. The number of nitrogen functional groups attached to an aromatic ring is 1. The van der Waals surface area contributed by atoms with Gasteiger partial charge in [-0.2, -0.15) is 0 Å². The molecule has 180 valence electrons. The van der Waals surface area contributed by atoms with Crippen LogP contribution in [0.3, 0.4) is 0 Å². The third-order valence-corrected chi connectivity index (χ3v) is 6.29. The molecule has 1 amide bonds. The standard InChI is InChI=1S/C25H27ClFN3O4/c1-29-6-4-17(5-7-29)19-10-18(26)2-3-23(19)34-15-16-13-30(14-16)25(32)20-11-22(28)24(12-21(20)27)33-9-8-31/h2-4,8,10-12,16H,5-7,9,13-15,28H2,1H3. The lowest BCUT2D eigenvalue weighted by molar-refractivity contribution is -0.109. The number of aldehydes is 1. The minimum absolute atomic E-state index is 0.0366. The van der Waals surface area contributed by atoms with Crippen molar-refractivity contribution in [1.29, 1.82) is 0 Å². The number of halogens is 2. The van der Waals surface area contributed by atoms with Gasteiger partial charge < -0.3 is 25.0 Å². The first-order valence-electron chi connectivity index (χ1n) is 11.1. The van der Waals surface area contributed by atoms with Crippen molar-refractivity contribution >= 4 is 35.1 Å². The summed E-state index contributed by atoms with van der Waals surface area (Å²) in [6, 6.07) is 7.90. The molecule has 0 unspecified atom stereocenters. The van der Waals surface area contributed by atoms with Crippen molar-refractivity contribution in [3.05, 3.63) is 58.4 Å². The Morgan fingerprint density at radius 3 is 2.74 bits per heavy atom. The lowest BCUT2D eigenvalue weighted by Crippen LogP contribution is -2.52. The van der Waals surface area contributed by atoms with Crippen LogP contribution >= 0.6 is 11.6 Å². The van der Waals surface area contributed by atoms with Gasteiger partial charge in [-0.3, -0.25) is 9.59 Å². The van der Waals surface area contributed by atoms with Crippen molar-refractivity contribution in [3.8, 4) is 11.5 Å². The van der Waals surface area contributed by atoms with Crippen molar-refractivity contribution in [2.45, 2.75) is 6.42 Å². The fourth-order valence-electron chi connectivity index (χ4n) is 4.10. The van der Waals surface area contributed by atoms with E-state index < -0.39 is 11.7 Å². The van der Waals surface area contributed by atoms with Gasteiger partial charge in [0.25, 0.3) is 5.91 Å². The van der Waals surface area contributed by atoms with Crippen molar-refractivity contribution in [3.63, 3.8) is 0 Å². The number of carbonyl (C=O) groups is 2. The zero-order chi connectivity index (χ0) is 24.2. The third-order valence-electron chi connectivity index (χ3n) is 6.06. The van der Waals surface area contributed by atoms with Crippen LogP contribution in [0.5, 0.6) is 11.5 Å². The van der Waals surface area contributed by atoms with E-state index in [4.69, 9.17) is 26.8 Å². The summed E-state index contributed by atoms with van der Waals surface area (Å²) >= 11 is 6.24. The Bertz CT molecular complexity index is 1120. The van der Waals surface area contributed by atoms with Crippen LogP contribution in [0.15, 0.2) is 36.4 Å². The van der Waals surface area contributed by atoms with Crippen molar-refractivity contribution in [2.75, 3.05) is 52.2 Å². The molecule has 7 nitrogen and oxygen atoms in total. The maximum absolute atomic E-state index is 14.5. The zero-order valence-corrected chi connectivity index (χ0v) is 19.7. The summed E-state index contributed by atoms with van der Waals surface area (Å²) in [5.74, 6) is -0.234. The summed E-state index contributed by atoms with van der Waals surface area (Å²) in [5.41, 5.74) is 8.05. The summed E-state index contributed by atoms with van der Waals surface area (Å²) in [6.45, 7) is 2.97. The SMILES string of the molecule is CN1CC=C(c2cc(Cl)ccc2OCC2CN(C(=O)c3cc(N)c(OCC=O)cc3F)C2)CC1. The number of carbonyl (C=O) groups excluding carboxylic acids is 2. The summed E-state index contributed by atoms with van der Waals surface area (Å²) in [6.07, 6.45) is 3.66. The van der Waals surface area contributed by atoms with E-state index in [2.05, 4.69) is 18.0 Å². The van der Waals surface area contributed by atoms with Gasteiger partial charge >= 0.3 is 0 Å². The molecule has 0 bridgehead atoms. The summed E-state index contributed by atoms with van der Waals surface area (Å²) < 4.78 is 25.6. The normalized spacial score (nSPS) is 16.6. The van der Waals surface area contributed by atoms with Crippen molar-refractivity contribution in [2.24, 2.45) is 5.92 Å². The number of likely N-dealkylation sites (tertiary alicyclic amines) is 1. The van der Waals surface area contributed by atoms with Gasteiger partial charge in [-0.25, -0.2) is 4.39 Å². The smallest absolute Gasteiger partial charge is 0.256 e. The van der Waals surface area contributed by atoms with Gasteiger partial charge in [-0.15, -0.1) is 0 Å². The molecule has 0 aromatic heterocycles. The van der Waals surface area contributed by atoms with Gasteiger partial charge in [0.1, 0.15) is 23.9 Å². The van der Waals surface area contributed by atoms with E-state index in [0.717, 1.165) is 36.9 Å². The number of nitrogens with zero attached hydrogens (tertiary/aromatic N) is 2. The Labute approximate surface area is 202 Å². The minimum atomic E-state index is -0.739. The maximum Gasteiger partial charge on any atom is 0.256 e. The molecule has 0 aliphatic carbocycles. The molecule has 0 radical (unpaired) electrons. The number of benzene rings is 2. The minimum Gasteiger partial charge on any atom is -0.493 e. The van der Waals surface area contributed by atoms with Crippen LogP contribution in [0.4, 0.5) is 10.1 Å². The van der Waals surface area contributed by atoms with Gasteiger partial charge in [0.15, 0.2) is 6.29 Å². The quantitative estimate of drug-likeness (QED) is 0.453. The fourth-order valence-corrected chi connectivity index (χ4v) is 4.27. The zero-order valence-electron chi connectivity index (χ0n) is 18.9. The van der Waals surface area contributed by atoms with Crippen LogP contribution in [-0.2, 0) is 4.79 Å². The van der Waals surface area contributed by atoms with Crippen LogP contribution in [0.25, 0.3) is 5.57 Å². The topological polar surface area (TPSA) is 85.1 Å². The molecule has 0 saturated carbocycles. The largest absolute Gasteiger partial charge is 0.493 e. The van der Waals surface area contributed by atoms with Gasteiger partial charge in [-0.05, 0) is 43.3 Å². The number of hydrogen-bond acceptors (Lipinski definition) is 6. The Morgan fingerprint density at radius 1 is 1.24 bits per heavy atom. The van der Waals surface area contributed by atoms with Gasteiger partial charge in [0.05, 0.1) is 17.9 Å². The number of hydrogen-bond donors (Lipinski definition) is 1. The van der Waals surface area contributed by atoms with E-state index >= 15 is 0 Å². The second kappa shape index (κ2) is 10.4. The monoisotopic (exact) mass is 487 g/mol. The van der Waals surface area contributed by atoms with Crippen LogP contribution < -0.4 is 15.2 Å². The predicted molar refractivity (Wildman–Crippen MR) is 129 cm³/mol. The molecule has 2 aliphatic heterocycles. The van der Waals surface area contributed by atoms with Gasteiger partial charge in [0, 0.05) is 48.7 Å². The Balaban J connectivity index is 1.35. The molecule has 1 saturated heterocycles. The first-order valence-corrected chi connectivity index (χ1v) is 11.5. The highest BCUT2D eigenvalue weighted by Crippen LogP contribution is 2.34. The number of likely N-dealkylation sites (N-methyl/N-ethyl adjacent to an activating group) is 1. The second-order valence-electron chi connectivity index (χ2n) is 8.62. The number of rotatable bonds is 8. The van der Waals surface area contributed by atoms with E-state index in [0.29, 0.717) is 31.0 Å². The lowest BCUT2D eigenvalue weighted by Gasteiger charge is -2.39. The van der Waals surface area contributed by atoms with E-state index in [1.807, 2.05) is 18.2 Å². The van der Waals surface area contributed by atoms with Crippen molar-refractivity contribution in [1.82, 2.24) is 9.80 Å². The fraction of sp³-hybridized carbons (Fsp3) is 0.360. The molecule has 34 heavy (non-hydrogen) atoms. The number of amides is 1. The average Bonchev–Trinajstić information content (AvgIpc) is 2.79. The highest BCUT2D eigenvalue weighted by atomic mass is 35.5. The van der Waals surface area contributed by atoms with Gasteiger partial charge in [-0.1, -0.05) is 17.7 Å². The highest BCUT2D eigenvalue weighted by molar-refractivity contribution is 6.30. The van der Waals surface area contributed by atoms with E-state index in [-0.39, 0.29) is 29.5 Å². The molecule has 2 aromatic rings. The average molecular weight is 488 g/mol. The molecule has 2 aliphatic rings. The Kier molecular flexibility index (Phi) is 7.38. The lowest BCUT2D eigenvalue weighted by atomic mass is 9.98. The van der Waals surface area contributed by atoms with E-state index in [9.17, 15) is 14.0 Å². The molecular formula is C25H27ClFN3O4. The molecule has 2 N–H and O–H groups in total. The molecule has 2 aromatic carbocycles. The molecule has 9 heteroatoms. The Morgan fingerprint density at radius 2 is 2.03 bits per heavy atom. The number of nitrogens with two attached hydrogens (primary N) is 1. The van der Waals surface area contributed by atoms with Gasteiger partial charge in [0.2, 0.25) is 0 Å². The van der Waals surface area contributed by atoms with E-state index in [1.165, 1.54) is 11.6 Å². The van der Waals surface area contributed by atoms with E-state index in [1.54, 1.807) is 4.90 Å². The Hall–Kier alpha value is -3.10. The molecule has 4 rings (SSSR count). The first kappa shape index (κ1) is 24.0. The molecule has 1 fully saturated rings. The summed E-state index contributed by atoms with van der Waals surface area (Å²) in [7, 11) is 2.09. The van der Waals surface area contributed by atoms with Crippen LogP contribution in [-0.4, -0.2) is 68.4 Å². The first-order chi connectivity index (χ1) is 16.4. The summed E-state index contributed by atoms with van der Waals surface area (Å²) in [5, 5.41) is 0.659. The third kappa shape index (κ3) is 5.34. The number of ether oxygens (including phenoxy) is 2. The van der Waals surface area contributed by atoms with Crippen molar-refractivity contribution < 1.29 is 23.5 Å². The van der Waals surface area contributed by atoms with Crippen LogP contribution in [0.1, 0.15) is 22.3 Å². The second-order valence-corrected chi connectivity index (χ2v) is 9.05. The summed E-state index contributed by atoms with van der Waals surface area (Å²) in [4.78, 5) is 27.0. The molecular weight excluding hydrogens is 461 g/mol. The molecule has 0 atom stereocenters.